The summed E-state index contributed by atoms with van der Waals surface area (Å²) in [5.41, 5.74) is 5.01. The smallest absolute Gasteiger partial charge is 0.0333 e. The number of rotatable bonds is 0. The van der Waals surface area contributed by atoms with Gasteiger partial charge in [-0.3, -0.25) is 0 Å². The van der Waals surface area contributed by atoms with E-state index in [1.165, 1.54) is 24.2 Å². The van der Waals surface area contributed by atoms with E-state index in [-0.39, 0.29) is 10.8 Å². The molecule has 1 aliphatic heterocycles. The van der Waals surface area contributed by atoms with Gasteiger partial charge in [0.1, 0.15) is 0 Å². The van der Waals surface area contributed by atoms with Gasteiger partial charge in [0.2, 0.25) is 0 Å². The van der Waals surface area contributed by atoms with Crippen molar-refractivity contribution in [3.63, 3.8) is 0 Å². The highest BCUT2D eigenvalue weighted by Crippen LogP contribution is 2.65. The molecule has 90 valence electrons. The molecule has 1 aliphatic carbocycles. The van der Waals surface area contributed by atoms with E-state index in [1.54, 1.807) is 5.57 Å². The Morgan fingerprint density at radius 3 is 1.81 bits per heavy atom. The summed E-state index contributed by atoms with van der Waals surface area (Å²) in [5, 5.41) is 3.59. The van der Waals surface area contributed by atoms with Gasteiger partial charge < -0.3 is 5.32 Å². The predicted octanol–water partition coefficient (Wildman–Crippen LogP) is 4.23. The fourth-order valence-corrected chi connectivity index (χ4v) is 3.06. The van der Waals surface area contributed by atoms with Gasteiger partial charge in [-0.1, -0.05) is 48.1 Å². The Hall–Kier alpha value is -0.720. The summed E-state index contributed by atoms with van der Waals surface area (Å²) >= 11 is 0. The molecule has 0 bridgehead atoms. The zero-order valence-electron chi connectivity index (χ0n) is 11.6. The van der Waals surface area contributed by atoms with Gasteiger partial charge in [0, 0.05) is 22.2 Å². The molecule has 1 spiro atoms. The number of allylic oxidation sites excluding steroid dienone is 2. The number of hydrogen-bond acceptors (Lipinski definition) is 1. The highest BCUT2D eigenvalue weighted by Gasteiger charge is 2.57. The first kappa shape index (κ1) is 11.8. The summed E-state index contributed by atoms with van der Waals surface area (Å²) in [6.45, 7) is 18.1. The molecule has 0 aromatic heterocycles. The van der Waals surface area contributed by atoms with E-state index in [1.807, 2.05) is 0 Å². The van der Waals surface area contributed by atoms with E-state index in [4.69, 9.17) is 0 Å². The highest BCUT2D eigenvalue weighted by molar-refractivity contribution is 5.48. The third kappa shape index (κ3) is 1.52. The second-order valence-corrected chi connectivity index (χ2v) is 7.44. The minimum atomic E-state index is 0.192. The Balaban J connectivity index is 2.57. The van der Waals surface area contributed by atoms with Crippen LogP contribution in [-0.2, 0) is 0 Å². The molecule has 0 amide bonds. The monoisotopic (exact) mass is 219 g/mol. The van der Waals surface area contributed by atoms with Crippen LogP contribution in [0.5, 0.6) is 0 Å². The third-order valence-electron chi connectivity index (χ3n) is 3.83. The van der Waals surface area contributed by atoms with Gasteiger partial charge in [0.15, 0.2) is 0 Å². The standard InChI is InChI=1S/C15H25N/c1-10-15(8-9-15)11(13(2,3)4)12(16-10)14(5,6)7/h16H,1,8-9H2,2-7H3. The lowest BCUT2D eigenvalue weighted by molar-refractivity contribution is 0.415. The van der Waals surface area contributed by atoms with Crippen LogP contribution < -0.4 is 5.32 Å². The maximum atomic E-state index is 4.24. The van der Waals surface area contributed by atoms with Crippen LogP contribution in [0.3, 0.4) is 0 Å². The van der Waals surface area contributed by atoms with Crippen LogP contribution in [0.25, 0.3) is 0 Å². The van der Waals surface area contributed by atoms with Crippen molar-refractivity contribution >= 4 is 0 Å². The summed E-state index contributed by atoms with van der Waals surface area (Å²) in [4.78, 5) is 0. The van der Waals surface area contributed by atoms with Crippen molar-refractivity contribution in [2.45, 2.75) is 54.4 Å². The molecule has 0 atom stereocenters. The van der Waals surface area contributed by atoms with Gasteiger partial charge in [-0.05, 0) is 23.8 Å². The second kappa shape index (κ2) is 2.94. The average molecular weight is 219 g/mol. The fourth-order valence-electron chi connectivity index (χ4n) is 3.06. The van der Waals surface area contributed by atoms with Crippen LogP contribution >= 0.6 is 0 Å². The van der Waals surface area contributed by atoms with Gasteiger partial charge >= 0.3 is 0 Å². The van der Waals surface area contributed by atoms with E-state index in [9.17, 15) is 0 Å². The van der Waals surface area contributed by atoms with Gasteiger partial charge in [0.25, 0.3) is 0 Å². The van der Waals surface area contributed by atoms with Crippen LogP contribution in [0.4, 0.5) is 0 Å². The maximum Gasteiger partial charge on any atom is 0.0333 e. The van der Waals surface area contributed by atoms with Crippen LogP contribution in [0.1, 0.15) is 54.4 Å². The molecule has 0 unspecified atom stereocenters. The quantitative estimate of drug-likeness (QED) is 0.643. The lowest BCUT2D eigenvalue weighted by Crippen LogP contribution is -2.23. The molecule has 2 rings (SSSR count). The Labute approximate surface area is 100 Å². The van der Waals surface area contributed by atoms with E-state index >= 15 is 0 Å². The fraction of sp³-hybridized carbons (Fsp3) is 0.733. The normalized spacial score (nSPS) is 24.0. The lowest BCUT2D eigenvalue weighted by atomic mass is 9.73. The zero-order chi connectivity index (χ0) is 12.4. The van der Waals surface area contributed by atoms with Crippen molar-refractivity contribution < 1.29 is 0 Å². The van der Waals surface area contributed by atoms with E-state index in [2.05, 4.69) is 53.4 Å². The Kier molecular flexibility index (Phi) is 2.16. The molecular formula is C15H25N. The molecule has 0 aromatic carbocycles. The molecule has 1 heterocycles. The van der Waals surface area contributed by atoms with Crippen LogP contribution in [-0.4, -0.2) is 0 Å². The summed E-state index contributed by atoms with van der Waals surface area (Å²) in [6, 6.07) is 0. The van der Waals surface area contributed by atoms with E-state index in [0.29, 0.717) is 5.41 Å². The zero-order valence-corrected chi connectivity index (χ0v) is 11.6. The Morgan fingerprint density at radius 2 is 1.50 bits per heavy atom. The summed E-state index contributed by atoms with van der Waals surface area (Å²) in [6.07, 6.45) is 2.57. The molecule has 0 radical (unpaired) electrons. The average Bonchev–Trinajstić information content (AvgIpc) is 2.72. The van der Waals surface area contributed by atoms with Gasteiger partial charge in [-0.2, -0.15) is 0 Å². The Bertz CT molecular complexity index is 367. The van der Waals surface area contributed by atoms with Gasteiger partial charge in [-0.25, -0.2) is 0 Å². The van der Waals surface area contributed by atoms with Crippen molar-refractivity contribution in [3.05, 3.63) is 23.5 Å². The minimum Gasteiger partial charge on any atom is -0.362 e. The van der Waals surface area contributed by atoms with Gasteiger partial charge in [0.05, 0.1) is 0 Å². The Morgan fingerprint density at radius 1 is 1.00 bits per heavy atom. The predicted molar refractivity (Wildman–Crippen MR) is 69.9 cm³/mol. The summed E-state index contributed by atoms with van der Waals surface area (Å²) in [7, 11) is 0. The van der Waals surface area contributed by atoms with Crippen LogP contribution in [0.2, 0.25) is 0 Å². The number of hydrogen-bond donors (Lipinski definition) is 1. The van der Waals surface area contributed by atoms with Crippen molar-refractivity contribution in [3.8, 4) is 0 Å². The highest BCUT2D eigenvalue weighted by atomic mass is 15.0. The molecule has 16 heavy (non-hydrogen) atoms. The molecule has 1 heteroatoms. The number of nitrogens with one attached hydrogen (secondary N) is 1. The summed E-state index contributed by atoms with van der Waals surface area (Å²) in [5.74, 6) is 0. The van der Waals surface area contributed by atoms with Crippen LogP contribution in [0.15, 0.2) is 23.5 Å². The van der Waals surface area contributed by atoms with Crippen molar-refractivity contribution in [2.75, 3.05) is 0 Å². The van der Waals surface area contributed by atoms with Crippen molar-refractivity contribution in [1.82, 2.24) is 5.32 Å². The van der Waals surface area contributed by atoms with Gasteiger partial charge in [-0.15, -0.1) is 0 Å². The largest absolute Gasteiger partial charge is 0.362 e. The molecule has 0 aromatic rings. The van der Waals surface area contributed by atoms with Crippen LogP contribution in [0, 0.1) is 16.2 Å². The molecule has 1 nitrogen and oxygen atoms in total. The van der Waals surface area contributed by atoms with Crippen molar-refractivity contribution in [1.29, 1.82) is 0 Å². The minimum absolute atomic E-state index is 0.192. The molecule has 1 saturated carbocycles. The van der Waals surface area contributed by atoms with Crippen molar-refractivity contribution in [2.24, 2.45) is 16.2 Å². The maximum absolute atomic E-state index is 4.24. The van der Waals surface area contributed by atoms with E-state index < -0.39 is 0 Å². The first-order valence-corrected chi connectivity index (χ1v) is 6.31. The molecule has 1 fully saturated rings. The SMILES string of the molecule is C=C1NC(C(C)(C)C)=C(C(C)(C)C)C12CC2. The first-order chi connectivity index (χ1) is 7.09. The van der Waals surface area contributed by atoms with E-state index in [0.717, 1.165) is 0 Å². The molecule has 0 saturated heterocycles. The first-order valence-electron chi connectivity index (χ1n) is 6.31. The second-order valence-electron chi connectivity index (χ2n) is 7.44. The molecule has 2 aliphatic rings. The molecule has 1 N–H and O–H groups in total. The lowest BCUT2D eigenvalue weighted by Gasteiger charge is -2.31. The summed E-state index contributed by atoms with van der Waals surface area (Å²) < 4.78 is 0. The third-order valence-corrected chi connectivity index (χ3v) is 3.83. The topological polar surface area (TPSA) is 12.0 Å². The molecular weight excluding hydrogens is 194 g/mol.